The van der Waals surface area contributed by atoms with E-state index in [9.17, 15) is 14.7 Å². The molecular formula is C19H25NO4. The molecule has 0 saturated heterocycles. The highest BCUT2D eigenvalue weighted by Crippen LogP contribution is 2.38. The first-order valence-electron chi connectivity index (χ1n) is 8.69. The highest BCUT2D eigenvalue weighted by atomic mass is 16.5. The molecule has 2 aliphatic carbocycles. The van der Waals surface area contributed by atoms with E-state index in [2.05, 4.69) is 11.4 Å². The Morgan fingerprint density at radius 3 is 2.25 bits per heavy atom. The van der Waals surface area contributed by atoms with Crippen LogP contribution in [0.2, 0.25) is 0 Å². The van der Waals surface area contributed by atoms with Crippen LogP contribution in [0.3, 0.4) is 0 Å². The van der Waals surface area contributed by atoms with Crippen LogP contribution in [0.5, 0.6) is 0 Å². The molecule has 0 radical (unpaired) electrons. The van der Waals surface area contributed by atoms with E-state index in [1.807, 2.05) is 0 Å². The van der Waals surface area contributed by atoms with Crippen molar-refractivity contribution in [3.63, 3.8) is 0 Å². The Hall–Kier alpha value is -1.88. The third-order valence-electron chi connectivity index (χ3n) is 5.47. The molecule has 0 aromatic heterocycles. The molecule has 24 heavy (non-hydrogen) atoms. The number of methoxy groups -OCH3 is 1. The number of aliphatic carboxylic acids is 1. The summed E-state index contributed by atoms with van der Waals surface area (Å²) in [5.74, 6) is -1.17. The minimum absolute atomic E-state index is 0.131. The van der Waals surface area contributed by atoms with Gasteiger partial charge in [-0.3, -0.25) is 4.79 Å². The number of ether oxygens (including phenoxy) is 1. The number of carbonyl (C=O) groups excluding carboxylic acids is 1. The van der Waals surface area contributed by atoms with Crippen molar-refractivity contribution in [3.05, 3.63) is 28.3 Å². The van der Waals surface area contributed by atoms with Gasteiger partial charge in [-0.1, -0.05) is 6.07 Å². The van der Waals surface area contributed by atoms with Crippen molar-refractivity contribution in [2.24, 2.45) is 0 Å². The van der Waals surface area contributed by atoms with Gasteiger partial charge in [-0.2, -0.15) is 0 Å². The highest BCUT2D eigenvalue weighted by Gasteiger charge is 2.33. The zero-order valence-corrected chi connectivity index (χ0v) is 14.4. The topological polar surface area (TPSA) is 75.6 Å². The average molecular weight is 331 g/mol. The Labute approximate surface area is 142 Å². The monoisotopic (exact) mass is 331 g/mol. The summed E-state index contributed by atoms with van der Waals surface area (Å²) in [4.78, 5) is 23.7. The predicted molar refractivity (Wildman–Crippen MR) is 91.4 cm³/mol. The maximum Gasteiger partial charge on any atom is 0.335 e. The van der Waals surface area contributed by atoms with Gasteiger partial charge in [0.15, 0.2) is 5.60 Å². The van der Waals surface area contributed by atoms with Crippen LogP contribution in [0.25, 0.3) is 0 Å². The van der Waals surface area contributed by atoms with Crippen LogP contribution in [0, 0.1) is 0 Å². The lowest BCUT2D eigenvalue weighted by Crippen LogP contribution is -2.38. The molecule has 1 unspecified atom stereocenters. The first-order chi connectivity index (χ1) is 11.4. The van der Waals surface area contributed by atoms with E-state index >= 15 is 0 Å². The van der Waals surface area contributed by atoms with Gasteiger partial charge in [0, 0.05) is 19.2 Å². The molecular weight excluding hydrogens is 306 g/mol. The Bertz CT molecular complexity index is 650. The van der Waals surface area contributed by atoms with Gasteiger partial charge in [-0.25, -0.2) is 4.79 Å². The first kappa shape index (κ1) is 17.0. The number of anilines is 1. The van der Waals surface area contributed by atoms with Crippen molar-refractivity contribution in [3.8, 4) is 0 Å². The number of amides is 1. The SMILES string of the molecule is COC(C)(CCC(=O)Nc1c2c(cc3c1CCC3)CCC2)C(=O)O. The van der Waals surface area contributed by atoms with Gasteiger partial charge in [-0.05, 0) is 74.1 Å². The van der Waals surface area contributed by atoms with Gasteiger partial charge < -0.3 is 15.2 Å². The van der Waals surface area contributed by atoms with Crippen molar-refractivity contribution in [1.82, 2.24) is 0 Å². The molecule has 0 aliphatic heterocycles. The summed E-state index contributed by atoms with van der Waals surface area (Å²) in [5.41, 5.74) is 5.01. The molecule has 0 saturated carbocycles. The number of carbonyl (C=O) groups is 2. The number of carboxylic acid groups (broad SMARTS) is 1. The van der Waals surface area contributed by atoms with Gasteiger partial charge in [0.1, 0.15) is 0 Å². The van der Waals surface area contributed by atoms with Crippen molar-refractivity contribution >= 4 is 17.6 Å². The van der Waals surface area contributed by atoms with Crippen molar-refractivity contribution in [2.75, 3.05) is 12.4 Å². The Morgan fingerprint density at radius 2 is 1.75 bits per heavy atom. The molecule has 1 amide bonds. The minimum Gasteiger partial charge on any atom is -0.479 e. The van der Waals surface area contributed by atoms with Crippen LogP contribution in [0.4, 0.5) is 5.69 Å². The normalized spacial score (nSPS) is 17.9. The van der Waals surface area contributed by atoms with E-state index in [4.69, 9.17) is 4.74 Å². The molecule has 1 atom stereocenters. The Morgan fingerprint density at radius 1 is 1.17 bits per heavy atom. The fourth-order valence-electron chi connectivity index (χ4n) is 3.82. The number of hydrogen-bond donors (Lipinski definition) is 2. The molecule has 2 N–H and O–H groups in total. The van der Waals surface area contributed by atoms with E-state index in [1.54, 1.807) is 0 Å². The molecule has 1 aromatic rings. The van der Waals surface area contributed by atoms with Gasteiger partial charge >= 0.3 is 5.97 Å². The van der Waals surface area contributed by atoms with Gasteiger partial charge in [0.25, 0.3) is 0 Å². The highest BCUT2D eigenvalue weighted by molar-refractivity contribution is 5.93. The molecule has 0 heterocycles. The molecule has 3 rings (SSSR count). The largest absolute Gasteiger partial charge is 0.479 e. The lowest BCUT2D eigenvalue weighted by Gasteiger charge is -2.23. The number of benzene rings is 1. The van der Waals surface area contributed by atoms with E-state index in [0.29, 0.717) is 0 Å². The number of hydrogen-bond acceptors (Lipinski definition) is 3. The summed E-state index contributed by atoms with van der Waals surface area (Å²) in [5, 5.41) is 12.3. The van der Waals surface area contributed by atoms with Gasteiger partial charge in [0.05, 0.1) is 0 Å². The quantitative estimate of drug-likeness (QED) is 0.840. The van der Waals surface area contributed by atoms with Crippen LogP contribution >= 0.6 is 0 Å². The van der Waals surface area contributed by atoms with Crippen LogP contribution in [-0.4, -0.2) is 29.7 Å². The van der Waals surface area contributed by atoms with Crippen LogP contribution < -0.4 is 5.32 Å². The fourth-order valence-corrected chi connectivity index (χ4v) is 3.82. The molecule has 0 spiro atoms. The molecule has 5 heteroatoms. The summed E-state index contributed by atoms with van der Waals surface area (Å²) < 4.78 is 5.07. The molecule has 130 valence electrons. The van der Waals surface area contributed by atoms with Crippen molar-refractivity contribution < 1.29 is 19.4 Å². The number of nitrogens with one attached hydrogen (secondary N) is 1. The first-order valence-corrected chi connectivity index (χ1v) is 8.69. The lowest BCUT2D eigenvalue weighted by molar-refractivity contribution is -0.161. The number of aryl methyl sites for hydroxylation is 2. The van der Waals surface area contributed by atoms with E-state index in [0.717, 1.165) is 44.2 Å². The predicted octanol–water partition coefficient (Wildman–Crippen LogP) is 2.87. The summed E-state index contributed by atoms with van der Waals surface area (Å²) in [6, 6.07) is 2.33. The maximum atomic E-state index is 12.4. The number of rotatable bonds is 6. The molecule has 5 nitrogen and oxygen atoms in total. The molecule has 1 aromatic carbocycles. The standard InChI is InChI=1S/C19H25NO4/c1-19(24-2,18(22)23)10-9-16(21)20-17-14-7-3-5-12(14)11-13-6-4-8-15(13)17/h11H,3-10H2,1-2H3,(H,20,21)(H,22,23). The Kier molecular flexibility index (Phi) is 4.63. The zero-order valence-electron chi connectivity index (χ0n) is 14.4. The van der Waals surface area contributed by atoms with Gasteiger partial charge in [-0.15, -0.1) is 0 Å². The zero-order chi connectivity index (χ0) is 17.3. The van der Waals surface area contributed by atoms with Crippen LogP contribution in [0.1, 0.15) is 54.9 Å². The van der Waals surface area contributed by atoms with E-state index in [-0.39, 0.29) is 18.7 Å². The lowest BCUT2D eigenvalue weighted by atomic mass is 9.97. The van der Waals surface area contributed by atoms with Crippen LogP contribution in [-0.2, 0) is 40.0 Å². The molecule has 0 bridgehead atoms. The summed E-state index contributed by atoms with van der Waals surface area (Å²) in [6.07, 6.45) is 6.78. The average Bonchev–Trinajstić information content (AvgIpc) is 3.20. The van der Waals surface area contributed by atoms with Crippen LogP contribution in [0.15, 0.2) is 6.07 Å². The third kappa shape index (κ3) is 3.05. The van der Waals surface area contributed by atoms with Crippen molar-refractivity contribution in [1.29, 1.82) is 0 Å². The number of fused-ring (bicyclic) bond motifs is 2. The minimum atomic E-state index is -1.32. The second-order valence-corrected chi connectivity index (χ2v) is 7.02. The van der Waals surface area contributed by atoms with Crippen molar-refractivity contribution in [2.45, 2.75) is 63.9 Å². The molecule has 2 aliphatic rings. The second-order valence-electron chi connectivity index (χ2n) is 7.02. The van der Waals surface area contributed by atoms with E-state index < -0.39 is 11.6 Å². The van der Waals surface area contributed by atoms with Gasteiger partial charge in [0.2, 0.25) is 5.91 Å². The summed E-state index contributed by atoms with van der Waals surface area (Å²) in [6.45, 7) is 1.50. The maximum absolute atomic E-state index is 12.4. The smallest absolute Gasteiger partial charge is 0.335 e. The molecule has 0 fully saturated rings. The summed E-state index contributed by atoms with van der Waals surface area (Å²) >= 11 is 0. The Balaban J connectivity index is 1.75. The number of carboxylic acids is 1. The second kappa shape index (κ2) is 6.55. The van der Waals surface area contributed by atoms with E-state index in [1.165, 1.54) is 36.3 Å². The fraction of sp³-hybridized carbons (Fsp3) is 0.579. The third-order valence-corrected chi connectivity index (χ3v) is 5.47. The summed E-state index contributed by atoms with van der Waals surface area (Å²) in [7, 11) is 1.36.